The highest BCUT2D eigenvalue weighted by molar-refractivity contribution is 6.30. The average molecular weight is 521 g/mol. The van der Waals surface area contributed by atoms with E-state index in [0.717, 1.165) is 16.7 Å². The Morgan fingerprint density at radius 3 is 2.14 bits per heavy atom. The molecule has 1 atom stereocenters. The van der Waals surface area contributed by atoms with Crippen molar-refractivity contribution in [1.29, 1.82) is 0 Å². The number of ether oxygens (including phenoxy) is 1. The number of halogens is 1. The van der Waals surface area contributed by atoms with Crippen LogP contribution >= 0.6 is 11.6 Å². The molecule has 196 valence electrons. The lowest BCUT2D eigenvalue weighted by Crippen LogP contribution is -2.52. The minimum absolute atomic E-state index is 0.0619. The molecule has 0 saturated heterocycles. The van der Waals surface area contributed by atoms with Crippen molar-refractivity contribution >= 4 is 23.4 Å². The number of hydrogen-bond acceptors (Lipinski definition) is 3. The molecule has 2 amide bonds. The van der Waals surface area contributed by atoms with E-state index >= 15 is 0 Å². The fraction of sp³-hybridized carbons (Fsp3) is 0.355. The van der Waals surface area contributed by atoms with E-state index < -0.39 is 6.04 Å². The summed E-state index contributed by atoms with van der Waals surface area (Å²) in [5, 5.41) is 3.61. The van der Waals surface area contributed by atoms with Crippen LogP contribution in [0.2, 0.25) is 5.02 Å². The van der Waals surface area contributed by atoms with Gasteiger partial charge < -0.3 is 15.0 Å². The summed E-state index contributed by atoms with van der Waals surface area (Å²) in [6.07, 6.45) is 0.386. The van der Waals surface area contributed by atoms with Crippen molar-refractivity contribution in [3.8, 4) is 5.75 Å². The van der Waals surface area contributed by atoms with E-state index in [4.69, 9.17) is 16.3 Å². The van der Waals surface area contributed by atoms with Gasteiger partial charge in [0, 0.05) is 24.0 Å². The van der Waals surface area contributed by atoms with E-state index in [2.05, 4.69) is 26.1 Å². The fourth-order valence-corrected chi connectivity index (χ4v) is 4.28. The zero-order valence-electron chi connectivity index (χ0n) is 22.3. The monoisotopic (exact) mass is 520 g/mol. The Morgan fingerprint density at radius 2 is 1.51 bits per heavy atom. The molecular formula is C31H37ClN2O3. The van der Waals surface area contributed by atoms with E-state index in [0.29, 0.717) is 17.2 Å². The molecule has 3 aromatic rings. The van der Waals surface area contributed by atoms with Crippen LogP contribution in [0.5, 0.6) is 5.75 Å². The summed E-state index contributed by atoms with van der Waals surface area (Å²) in [5.74, 6) is 0.204. The normalized spacial score (nSPS) is 12.2. The molecule has 0 saturated carbocycles. The van der Waals surface area contributed by atoms with Gasteiger partial charge in [-0.15, -0.1) is 0 Å². The molecule has 0 fully saturated rings. The molecule has 0 bridgehead atoms. The highest BCUT2D eigenvalue weighted by Crippen LogP contribution is 2.31. The Kier molecular flexibility index (Phi) is 9.76. The van der Waals surface area contributed by atoms with Crippen molar-refractivity contribution in [3.63, 3.8) is 0 Å². The minimum atomic E-state index is -0.713. The van der Waals surface area contributed by atoms with Crippen molar-refractivity contribution in [3.05, 3.63) is 101 Å². The summed E-state index contributed by atoms with van der Waals surface area (Å²) in [5.41, 5.74) is 2.73. The first-order chi connectivity index (χ1) is 17.5. The lowest BCUT2D eigenvalue weighted by Gasteiger charge is -2.32. The number of rotatable bonds is 10. The number of hydrogen-bond donors (Lipinski definition) is 1. The van der Waals surface area contributed by atoms with Gasteiger partial charge in [0.25, 0.3) is 5.91 Å². The van der Waals surface area contributed by atoms with E-state index in [-0.39, 0.29) is 36.4 Å². The summed E-state index contributed by atoms with van der Waals surface area (Å²) in [7, 11) is 0. The first-order valence-corrected chi connectivity index (χ1v) is 13.0. The largest absolute Gasteiger partial charge is 0.483 e. The maximum atomic E-state index is 13.8. The molecule has 3 rings (SSSR count). The number of para-hydroxylation sites is 1. The van der Waals surface area contributed by atoms with E-state index in [1.54, 1.807) is 17.0 Å². The number of carbonyl (C=O) groups is 2. The first-order valence-electron chi connectivity index (χ1n) is 12.6. The van der Waals surface area contributed by atoms with Crippen LogP contribution in [0.1, 0.15) is 51.3 Å². The second-order valence-corrected chi connectivity index (χ2v) is 11.0. The van der Waals surface area contributed by atoms with Crippen LogP contribution in [-0.2, 0) is 28.0 Å². The highest BCUT2D eigenvalue weighted by Gasteiger charge is 2.31. The van der Waals surface area contributed by atoms with Crippen molar-refractivity contribution in [2.24, 2.45) is 0 Å². The molecule has 0 aliphatic carbocycles. The van der Waals surface area contributed by atoms with Crippen molar-refractivity contribution in [1.82, 2.24) is 10.2 Å². The standard InChI is InChI=1S/C31H37ClN2O3/c1-22(2)33-30(36)27(19-23-11-7-6-8-12-23)34(20-24-15-17-25(32)18-16-24)29(35)21-37-28-14-10-9-13-26(28)31(3,4)5/h6-18,22,27H,19-21H2,1-5H3,(H,33,36)/t27-/m0/s1. The molecule has 0 heterocycles. The van der Waals surface area contributed by atoms with Gasteiger partial charge in [0.15, 0.2) is 6.61 Å². The zero-order valence-corrected chi connectivity index (χ0v) is 23.1. The average Bonchev–Trinajstić information content (AvgIpc) is 2.85. The molecule has 0 aromatic heterocycles. The molecule has 1 N–H and O–H groups in total. The molecule has 0 aliphatic heterocycles. The van der Waals surface area contributed by atoms with E-state index in [1.165, 1.54) is 0 Å². The number of nitrogens with zero attached hydrogens (tertiary/aromatic N) is 1. The smallest absolute Gasteiger partial charge is 0.261 e. The summed E-state index contributed by atoms with van der Waals surface area (Å²) in [4.78, 5) is 28.8. The summed E-state index contributed by atoms with van der Waals surface area (Å²) in [6, 6.07) is 24.0. The second-order valence-electron chi connectivity index (χ2n) is 10.6. The molecule has 0 radical (unpaired) electrons. The Bertz CT molecular complexity index is 1170. The number of amides is 2. The van der Waals surface area contributed by atoms with Gasteiger partial charge in [0.1, 0.15) is 11.8 Å². The molecular weight excluding hydrogens is 484 g/mol. The Labute approximate surface area is 225 Å². The van der Waals surface area contributed by atoms with Crippen LogP contribution < -0.4 is 10.1 Å². The van der Waals surface area contributed by atoms with Crippen LogP contribution in [0, 0.1) is 0 Å². The van der Waals surface area contributed by atoms with Crippen LogP contribution in [0.15, 0.2) is 78.9 Å². The number of benzene rings is 3. The molecule has 0 spiro atoms. The second kappa shape index (κ2) is 12.8. The third-order valence-electron chi connectivity index (χ3n) is 6.01. The predicted molar refractivity (Wildman–Crippen MR) is 150 cm³/mol. The summed E-state index contributed by atoms with van der Waals surface area (Å²) < 4.78 is 6.08. The van der Waals surface area contributed by atoms with Gasteiger partial charge in [-0.1, -0.05) is 93.0 Å². The van der Waals surface area contributed by atoms with Gasteiger partial charge in [0.2, 0.25) is 5.91 Å². The zero-order chi connectivity index (χ0) is 27.0. The highest BCUT2D eigenvalue weighted by atomic mass is 35.5. The van der Waals surface area contributed by atoms with E-state index in [9.17, 15) is 9.59 Å². The predicted octanol–water partition coefficient (Wildman–Crippen LogP) is 6.18. The van der Waals surface area contributed by atoms with Gasteiger partial charge in [-0.25, -0.2) is 0 Å². The quantitative estimate of drug-likeness (QED) is 0.347. The van der Waals surface area contributed by atoms with Gasteiger partial charge in [-0.05, 0) is 54.2 Å². The molecule has 37 heavy (non-hydrogen) atoms. The lowest BCUT2D eigenvalue weighted by molar-refractivity contribution is -0.143. The molecule has 0 unspecified atom stereocenters. The SMILES string of the molecule is CC(C)NC(=O)[C@H](Cc1ccccc1)N(Cc1ccc(Cl)cc1)C(=O)COc1ccccc1C(C)(C)C. The van der Waals surface area contributed by atoms with Crippen LogP contribution in [0.4, 0.5) is 0 Å². The van der Waals surface area contributed by atoms with Crippen LogP contribution in [-0.4, -0.2) is 35.4 Å². The fourth-order valence-electron chi connectivity index (χ4n) is 4.16. The maximum absolute atomic E-state index is 13.8. The lowest BCUT2D eigenvalue weighted by atomic mass is 9.86. The van der Waals surface area contributed by atoms with Gasteiger partial charge in [0.05, 0.1) is 0 Å². The molecule has 6 heteroatoms. The van der Waals surface area contributed by atoms with E-state index in [1.807, 2.05) is 80.6 Å². The summed E-state index contributed by atoms with van der Waals surface area (Å²) in [6.45, 7) is 10.2. The minimum Gasteiger partial charge on any atom is -0.483 e. The van der Waals surface area contributed by atoms with Crippen molar-refractivity contribution < 1.29 is 14.3 Å². The number of nitrogens with one attached hydrogen (secondary N) is 1. The van der Waals surface area contributed by atoms with Gasteiger partial charge >= 0.3 is 0 Å². The molecule has 5 nitrogen and oxygen atoms in total. The van der Waals surface area contributed by atoms with Crippen molar-refractivity contribution in [2.45, 2.75) is 65.1 Å². The third-order valence-corrected chi connectivity index (χ3v) is 6.27. The maximum Gasteiger partial charge on any atom is 0.261 e. The third kappa shape index (κ3) is 8.36. The van der Waals surface area contributed by atoms with Crippen molar-refractivity contribution in [2.75, 3.05) is 6.61 Å². The Balaban J connectivity index is 1.93. The van der Waals surface area contributed by atoms with Crippen LogP contribution in [0.25, 0.3) is 0 Å². The number of carbonyl (C=O) groups excluding carboxylic acids is 2. The topological polar surface area (TPSA) is 58.6 Å². The molecule has 3 aromatic carbocycles. The summed E-state index contributed by atoms with van der Waals surface area (Å²) >= 11 is 6.09. The Morgan fingerprint density at radius 1 is 0.892 bits per heavy atom. The molecule has 0 aliphatic rings. The van der Waals surface area contributed by atoms with Crippen LogP contribution in [0.3, 0.4) is 0 Å². The van der Waals surface area contributed by atoms with Gasteiger partial charge in [-0.3, -0.25) is 9.59 Å². The van der Waals surface area contributed by atoms with Gasteiger partial charge in [-0.2, -0.15) is 0 Å². The Hall–Kier alpha value is -3.31. The first kappa shape index (κ1) is 28.3.